The molecule has 0 aliphatic rings. The number of benzene rings is 2. The lowest BCUT2D eigenvalue weighted by atomic mass is 10.2. The van der Waals surface area contributed by atoms with Crippen LogP contribution < -0.4 is 10.1 Å². The Morgan fingerprint density at radius 2 is 1.83 bits per heavy atom. The molecule has 0 bridgehead atoms. The van der Waals surface area contributed by atoms with Gasteiger partial charge in [-0.3, -0.25) is 9.69 Å². The highest BCUT2D eigenvalue weighted by atomic mass is 35.5. The van der Waals surface area contributed by atoms with E-state index in [-0.39, 0.29) is 12.5 Å². The third-order valence-electron chi connectivity index (χ3n) is 3.42. The third-order valence-corrected chi connectivity index (χ3v) is 3.85. The molecule has 0 saturated carbocycles. The van der Waals surface area contributed by atoms with E-state index >= 15 is 0 Å². The summed E-state index contributed by atoms with van der Waals surface area (Å²) in [6.07, 6.45) is 0. The van der Waals surface area contributed by atoms with Gasteiger partial charge in [-0.15, -0.1) is 0 Å². The highest BCUT2D eigenvalue weighted by Crippen LogP contribution is 2.25. The van der Waals surface area contributed by atoms with Crippen molar-refractivity contribution in [2.45, 2.75) is 13.5 Å². The van der Waals surface area contributed by atoms with Gasteiger partial charge < -0.3 is 10.1 Å². The Labute approximate surface area is 152 Å². The monoisotopic (exact) mass is 366 g/mol. The summed E-state index contributed by atoms with van der Waals surface area (Å²) >= 11 is 12.0. The lowest BCUT2D eigenvalue weighted by Gasteiger charge is -2.17. The summed E-state index contributed by atoms with van der Waals surface area (Å²) < 4.78 is 5.27. The molecule has 2 aromatic carbocycles. The highest BCUT2D eigenvalue weighted by molar-refractivity contribution is 6.34. The van der Waals surface area contributed by atoms with E-state index in [4.69, 9.17) is 27.9 Å². The molecule has 0 spiro atoms. The van der Waals surface area contributed by atoms with Gasteiger partial charge in [0.05, 0.1) is 19.3 Å². The molecule has 0 fully saturated rings. The summed E-state index contributed by atoms with van der Waals surface area (Å²) in [6, 6.07) is 11.0. The molecule has 0 aromatic heterocycles. The quantitative estimate of drug-likeness (QED) is 0.824. The van der Waals surface area contributed by atoms with E-state index in [1.165, 1.54) is 0 Å². The fraction of sp³-hybridized carbons (Fsp3) is 0.278. The predicted octanol–water partition coefficient (Wildman–Crippen LogP) is 4.38. The number of aryl methyl sites for hydroxylation is 1. The number of nitrogens with one attached hydrogen (secondary N) is 1. The van der Waals surface area contributed by atoms with Crippen LogP contribution >= 0.6 is 23.2 Å². The Bertz CT molecular complexity index is 715. The van der Waals surface area contributed by atoms with Crippen molar-refractivity contribution in [3.8, 4) is 5.75 Å². The summed E-state index contributed by atoms with van der Waals surface area (Å²) in [4.78, 5) is 14.2. The van der Waals surface area contributed by atoms with Gasteiger partial charge in [0.25, 0.3) is 0 Å². The van der Waals surface area contributed by atoms with Crippen molar-refractivity contribution in [2.24, 2.45) is 0 Å². The Balaban J connectivity index is 1.98. The number of methoxy groups -OCH3 is 1. The molecule has 1 amide bonds. The van der Waals surface area contributed by atoms with Gasteiger partial charge in [0.2, 0.25) is 5.91 Å². The highest BCUT2D eigenvalue weighted by Gasteiger charge is 2.11. The molecule has 4 nitrogen and oxygen atoms in total. The molecule has 0 atom stereocenters. The second-order valence-corrected chi connectivity index (χ2v) is 6.57. The zero-order valence-electron chi connectivity index (χ0n) is 13.9. The van der Waals surface area contributed by atoms with Crippen LogP contribution in [0.1, 0.15) is 11.1 Å². The second-order valence-electron chi connectivity index (χ2n) is 5.70. The molecule has 0 unspecified atom stereocenters. The summed E-state index contributed by atoms with van der Waals surface area (Å²) in [7, 11) is 3.44. The largest absolute Gasteiger partial charge is 0.495 e. The number of likely N-dealkylation sites (N-methyl/N-ethyl adjacent to an activating group) is 1. The Morgan fingerprint density at radius 3 is 2.46 bits per heavy atom. The van der Waals surface area contributed by atoms with Crippen molar-refractivity contribution in [1.82, 2.24) is 4.90 Å². The van der Waals surface area contributed by atoms with Crippen LogP contribution in [0.25, 0.3) is 0 Å². The van der Waals surface area contributed by atoms with E-state index in [2.05, 4.69) is 5.32 Å². The van der Waals surface area contributed by atoms with E-state index in [0.717, 1.165) is 11.1 Å². The van der Waals surface area contributed by atoms with E-state index in [1.807, 2.05) is 49.2 Å². The topological polar surface area (TPSA) is 41.6 Å². The Hall–Kier alpha value is -1.75. The lowest BCUT2D eigenvalue weighted by molar-refractivity contribution is -0.117. The summed E-state index contributed by atoms with van der Waals surface area (Å²) in [5.41, 5.74) is 2.67. The maximum absolute atomic E-state index is 12.3. The maximum Gasteiger partial charge on any atom is 0.238 e. The minimum atomic E-state index is -0.116. The number of halogens is 2. The fourth-order valence-electron chi connectivity index (χ4n) is 2.42. The number of ether oxygens (including phenoxy) is 1. The molecule has 0 aliphatic carbocycles. The smallest absolute Gasteiger partial charge is 0.238 e. The van der Waals surface area contributed by atoms with Crippen molar-refractivity contribution in [3.05, 3.63) is 57.6 Å². The van der Waals surface area contributed by atoms with Crippen LogP contribution in [0.15, 0.2) is 36.4 Å². The standard InChI is InChI=1S/C18H20Cl2N2O2/c1-12-4-5-17(24-3)16(6-12)21-18(23)11-22(2)10-13-7-14(19)9-15(20)8-13/h4-9H,10-11H2,1-3H3,(H,21,23). The zero-order chi connectivity index (χ0) is 17.7. The molecule has 128 valence electrons. The first-order valence-electron chi connectivity index (χ1n) is 7.45. The van der Waals surface area contributed by atoms with Crippen LogP contribution in [0, 0.1) is 6.92 Å². The first kappa shape index (κ1) is 18.6. The van der Waals surface area contributed by atoms with Crippen LogP contribution in [-0.2, 0) is 11.3 Å². The minimum Gasteiger partial charge on any atom is -0.495 e. The second kappa shape index (κ2) is 8.38. The average molecular weight is 367 g/mol. The SMILES string of the molecule is COc1ccc(C)cc1NC(=O)CN(C)Cc1cc(Cl)cc(Cl)c1. The molecule has 24 heavy (non-hydrogen) atoms. The average Bonchev–Trinajstić information content (AvgIpc) is 2.45. The number of amides is 1. The van der Waals surface area contributed by atoms with Crippen molar-refractivity contribution in [1.29, 1.82) is 0 Å². The van der Waals surface area contributed by atoms with Gasteiger partial charge in [-0.25, -0.2) is 0 Å². The van der Waals surface area contributed by atoms with Crippen LogP contribution in [0.4, 0.5) is 5.69 Å². The van der Waals surface area contributed by atoms with Crippen molar-refractivity contribution in [3.63, 3.8) is 0 Å². The van der Waals surface area contributed by atoms with Gasteiger partial charge in [0.1, 0.15) is 5.75 Å². The molecule has 0 saturated heterocycles. The maximum atomic E-state index is 12.3. The molecule has 1 N–H and O–H groups in total. The van der Waals surface area contributed by atoms with Gasteiger partial charge in [0.15, 0.2) is 0 Å². The molecule has 6 heteroatoms. The third kappa shape index (κ3) is 5.41. The molecular formula is C18H20Cl2N2O2. The van der Waals surface area contributed by atoms with E-state index in [9.17, 15) is 4.79 Å². The van der Waals surface area contributed by atoms with Gasteiger partial charge in [-0.2, -0.15) is 0 Å². The predicted molar refractivity (Wildman–Crippen MR) is 99.2 cm³/mol. The van der Waals surface area contributed by atoms with E-state index < -0.39 is 0 Å². The normalized spacial score (nSPS) is 10.8. The van der Waals surface area contributed by atoms with Crippen molar-refractivity contribution in [2.75, 3.05) is 26.0 Å². The van der Waals surface area contributed by atoms with Crippen molar-refractivity contribution < 1.29 is 9.53 Å². The summed E-state index contributed by atoms with van der Waals surface area (Å²) in [5.74, 6) is 0.521. The van der Waals surface area contributed by atoms with E-state index in [1.54, 1.807) is 13.2 Å². The van der Waals surface area contributed by atoms with Gasteiger partial charge in [0, 0.05) is 16.6 Å². The van der Waals surface area contributed by atoms with Crippen LogP contribution in [0.2, 0.25) is 10.0 Å². The summed E-state index contributed by atoms with van der Waals surface area (Å²) in [5, 5.41) is 4.05. The molecule has 2 rings (SSSR count). The summed E-state index contributed by atoms with van der Waals surface area (Å²) in [6.45, 7) is 2.77. The first-order valence-corrected chi connectivity index (χ1v) is 8.21. The molecule has 0 aliphatic heterocycles. The fourth-order valence-corrected chi connectivity index (χ4v) is 3.00. The molecular weight excluding hydrogens is 347 g/mol. The first-order chi connectivity index (χ1) is 11.4. The number of rotatable bonds is 6. The van der Waals surface area contributed by atoms with Crippen LogP contribution in [0.3, 0.4) is 0 Å². The van der Waals surface area contributed by atoms with Gasteiger partial charge in [-0.1, -0.05) is 29.3 Å². The number of anilines is 1. The Kier molecular flexibility index (Phi) is 6.49. The molecule has 0 heterocycles. The van der Waals surface area contributed by atoms with Crippen LogP contribution in [-0.4, -0.2) is 31.5 Å². The van der Waals surface area contributed by atoms with Gasteiger partial charge >= 0.3 is 0 Å². The number of carbonyl (C=O) groups is 1. The van der Waals surface area contributed by atoms with Crippen LogP contribution in [0.5, 0.6) is 5.75 Å². The van der Waals surface area contributed by atoms with Crippen molar-refractivity contribution >= 4 is 34.8 Å². The Morgan fingerprint density at radius 1 is 1.17 bits per heavy atom. The number of hydrogen-bond donors (Lipinski definition) is 1. The number of hydrogen-bond acceptors (Lipinski definition) is 3. The number of carbonyl (C=O) groups excluding carboxylic acids is 1. The molecule has 2 aromatic rings. The number of nitrogens with zero attached hydrogens (tertiary/aromatic N) is 1. The van der Waals surface area contributed by atoms with E-state index in [0.29, 0.717) is 28.0 Å². The molecule has 0 radical (unpaired) electrons. The zero-order valence-corrected chi connectivity index (χ0v) is 15.4. The minimum absolute atomic E-state index is 0.116. The lowest BCUT2D eigenvalue weighted by Crippen LogP contribution is -2.30. The van der Waals surface area contributed by atoms with Gasteiger partial charge in [-0.05, 0) is 55.4 Å².